The van der Waals surface area contributed by atoms with Crippen molar-refractivity contribution in [2.75, 3.05) is 25.0 Å². The highest BCUT2D eigenvalue weighted by Gasteiger charge is 2.33. The Morgan fingerprint density at radius 1 is 1.37 bits per heavy atom. The summed E-state index contributed by atoms with van der Waals surface area (Å²) in [5.41, 5.74) is 2.49. The van der Waals surface area contributed by atoms with Gasteiger partial charge in [0.15, 0.2) is 0 Å². The molecule has 0 bridgehead atoms. The van der Waals surface area contributed by atoms with Crippen molar-refractivity contribution in [2.24, 2.45) is 0 Å². The van der Waals surface area contributed by atoms with Crippen LogP contribution in [0.3, 0.4) is 0 Å². The number of hydrogen-bond donors (Lipinski definition) is 3. The van der Waals surface area contributed by atoms with Gasteiger partial charge in [-0.15, -0.1) is 0 Å². The average molecular weight is 264 g/mol. The molecule has 2 atom stereocenters. The van der Waals surface area contributed by atoms with Crippen molar-refractivity contribution < 1.29 is 15.0 Å². The molecule has 0 radical (unpaired) electrons. The van der Waals surface area contributed by atoms with Crippen molar-refractivity contribution in [1.82, 2.24) is 4.90 Å². The molecule has 1 fully saturated rings. The highest BCUT2D eigenvalue weighted by atomic mass is 16.3. The second-order valence-corrected chi connectivity index (χ2v) is 4.90. The lowest BCUT2D eigenvalue weighted by atomic mass is 10.1. The number of anilines is 1. The number of carbonyl (C=O) groups is 1. The van der Waals surface area contributed by atoms with Crippen LogP contribution in [0, 0.1) is 6.92 Å². The van der Waals surface area contributed by atoms with Gasteiger partial charge < -0.3 is 20.4 Å². The quantitative estimate of drug-likeness (QED) is 0.747. The summed E-state index contributed by atoms with van der Waals surface area (Å²) in [7, 11) is 0. The molecule has 104 valence electrons. The zero-order valence-electron chi connectivity index (χ0n) is 11.3. The van der Waals surface area contributed by atoms with Gasteiger partial charge in [0.1, 0.15) is 0 Å². The maximum Gasteiger partial charge on any atom is 0.254 e. The second kappa shape index (κ2) is 5.59. The van der Waals surface area contributed by atoms with Gasteiger partial charge in [-0.05, 0) is 37.6 Å². The van der Waals surface area contributed by atoms with Crippen molar-refractivity contribution >= 4 is 11.6 Å². The van der Waals surface area contributed by atoms with Crippen LogP contribution in [0.2, 0.25) is 0 Å². The summed E-state index contributed by atoms with van der Waals surface area (Å²) in [6.07, 6.45) is -1.68. The van der Waals surface area contributed by atoms with Gasteiger partial charge in [-0.2, -0.15) is 0 Å². The van der Waals surface area contributed by atoms with E-state index in [9.17, 15) is 15.0 Å². The monoisotopic (exact) mass is 264 g/mol. The van der Waals surface area contributed by atoms with Gasteiger partial charge in [-0.1, -0.05) is 0 Å². The van der Waals surface area contributed by atoms with Crippen LogP contribution in [-0.2, 0) is 0 Å². The third-order valence-electron chi connectivity index (χ3n) is 3.38. The first-order chi connectivity index (χ1) is 9.02. The molecule has 1 aliphatic rings. The van der Waals surface area contributed by atoms with E-state index in [4.69, 9.17) is 0 Å². The minimum Gasteiger partial charge on any atom is -0.388 e. The normalized spacial score (nSPS) is 22.6. The first-order valence-electron chi connectivity index (χ1n) is 6.53. The van der Waals surface area contributed by atoms with Gasteiger partial charge in [0.2, 0.25) is 0 Å². The summed E-state index contributed by atoms with van der Waals surface area (Å²) in [4.78, 5) is 13.8. The van der Waals surface area contributed by atoms with Gasteiger partial charge in [0.05, 0.1) is 12.2 Å². The summed E-state index contributed by atoms with van der Waals surface area (Å²) in [6.45, 7) is 5.11. The SMILES string of the molecule is CCNc1ccc(C(=O)N2CC(O)C(O)C2)c(C)c1. The fourth-order valence-electron chi connectivity index (χ4n) is 2.32. The van der Waals surface area contributed by atoms with Crippen LogP contribution in [0.4, 0.5) is 5.69 Å². The molecule has 2 rings (SSSR count). The maximum atomic E-state index is 12.3. The number of aryl methyl sites for hydroxylation is 1. The highest BCUT2D eigenvalue weighted by Crippen LogP contribution is 2.19. The van der Waals surface area contributed by atoms with Gasteiger partial charge in [-0.25, -0.2) is 0 Å². The number of aliphatic hydroxyl groups is 2. The molecule has 5 heteroatoms. The Morgan fingerprint density at radius 3 is 2.53 bits per heavy atom. The molecule has 0 spiro atoms. The molecule has 1 saturated heterocycles. The fourth-order valence-corrected chi connectivity index (χ4v) is 2.32. The third kappa shape index (κ3) is 2.88. The average Bonchev–Trinajstić information content (AvgIpc) is 2.69. The molecule has 3 N–H and O–H groups in total. The summed E-state index contributed by atoms with van der Waals surface area (Å²) >= 11 is 0. The molecule has 2 unspecified atom stereocenters. The molecule has 5 nitrogen and oxygen atoms in total. The summed E-state index contributed by atoms with van der Waals surface area (Å²) in [6, 6.07) is 5.58. The summed E-state index contributed by atoms with van der Waals surface area (Å²) in [5.74, 6) is -0.142. The number of carbonyl (C=O) groups excluding carboxylic acids is 1. The molecule has 0 aromatic heterocycles. The second-order valence-electron chi connectivity index (χ2n) is 4.90. The number of nitrogens with one attached hydrogen (secondary N) is 1. The number of aliphatic hydroxyl groups excluding tert-OH is 2. The standard InChI is InChI=1S/C14H20N2O3/c1-3-15-10-4-5-11(9(2)6-10)14(19)16-7-12(17)13(18)8-16/h4-6,12-13,15,17-18H,3,7-8H2,1-2H3. The van der Waals surface area contributed by atoms with Crippen molar-refractivity contribution in [1.29, 1.82) is 0 Å². The predicted molar refractivity (Wildman–Crippen MR) is 73.3 cm³/mol. The number of nitrogens with zero attached hydrogens (tertiary/aromatic N) is 1. The number of β-amino-alcohol motifs (C(OH)–C–C–N with tert-alkyl or cyclic N) is 2. The first kappa shape index (κ1) is 13.8. The smallest absolute Gasteiger partial charge is 0.254 e. The fraction of sp³-hybridized carbons (Fsp3) is 0.500. The zero-order valence-corrected chi connectivity index (χ0v) is 11.3. The number of amides is 1. The van der Waals surface area contributed by atoms with Crippen molar-refractivity contribution in [3.63, 3.8) is 0 Å². The Morgan fingerprint density at radius 2 is 2.00 bits per heavy atom. The van der Waals surface area contributed by atoms with E-state index in [0.29, 0.717) is 5.56 Å². The van der Waals surface area contributed by atoms with Crippen LogP contribution in [0.1, 0.15) is 22.8 Å². The topological polar surface area (TPSA) is 72.8 Å². The van der Waals surface area contributed by atoms with Crippen molar-refractivity contribution in [3.8, 4) is 0 Å². The van der Waals surface area contributed by atoms with E-state index in [-0.39, 0.29) is 19.0 Å². The lowest BCUT2D eigenvalue weighted by molar-refractivity contribution is 0.0572. The number of rotatable bonds is 3. The predicted octanol–water partition coefficient (Wildman–Crippen LogP) is 0.604. The van der Waals surface area contributed by atoms with E-state index in [1.165, 1.54) is 4.90 Å². The van der Waals surface area contributed by atoms with E-state index in [1.807, 2.05) is 26.0 Å². The minimum absolute atomic E-state index is 0.142. The van der Waals surface area contributed by atoms with E-state index < -0.39 is 12.2 Å². The Balaban J connectivity index is 2.16. The highest BCUT2D eigenvalue weighted by molar-refractivity contribution is 5.96. The zero-order chi connectivity index (χ0) is 14.0. The molecule has 1 aromatic rings. The van der Waals surface area contributed by atoms with Gasteiger partial charge in [0, 0.05) is 30.9 Å². The lowest BCUT2D eigenvalue weighted by Gasteiger charge is -2.17. The van der Waals surface area contributed by atoms with E-state index in [1.54, 1.807) is 6.07 Å². The van der Waals surface area contributed by atoms with E-state index in [2.05, 4.69) is 5.32 Å². The number of likely N-dealkylation sites (tertiary alicyclic amines) is 1. The lowest BCUT2D eigenvalue weighted by Crippen LogP contribution is -2.30. The summed E-state index contributed by atoms with van der Waals surface area (Å²) in [5, 5.41) is 22.2. The van der Waals surface area contributed by atoms with Crippen LogP contribution in [0.5, 0.6) is 0 Å². The van der Waals surface area contributed by atoms with Crippen LogP contribution in [-0.4, -0.2) is 52.9 Å². The van der Waals surface area contributed by atoms with Gasteiger partial charge >= 0.3 is 0 Å². The molecule has 19 heavy (non-hydrogen) atoms. The molecule has 0 saturated carbocycles. The number of benzene rings is 1. The van der Waals surface area contributed by atoms with Gasteiger partial charge in [0.25, 0.3) is 5.91 Å². The summed E-state index contributed by atoms with van der Waals surface area (Å²) < 4.78 is 0. The first-order valence-corrected chi connectivity index (χ1v) is 6.53. The van der Waals surface area contributed by atoms with Crippen LogP contribution < -0.4 is 5.32 Å². The Kier molecular flexibility index (Phi) is 4.07. The van der Waals surface area contributed by atoms with Gasteiger partial charge in [-0.3, -0.25) is 4.79 Å². The third-order valence-corrected chi connectivity index (χ3v) is 3.38. The Labute approximate surface area is 112 Å². The molecule has 1 heterocycles. The maximum absolute atomic E-state index is 12.3. The molecular formula is C14H20N2O3. The number of hydrogen-bond acceptors (Lipinski definition) is 4. The molecule has 1 amide bonds. The Bertz CT molecular complexity index is 466. The molecule has 0 aliphatic carbocycles. The van der Waals surface area contributed by atoms with Crippen LogP contribution in [0.25, 0.3) is 0 Å². The van der Waals surface area contributed by atoms with E-state index in [0.717, 1.165) is 17.8 Å². The minimum atomic E-state index is -0.842. The van der Waals surface area contributed by atoms with E-state index >= 15 is 0 Å². The van der Waals surface area contributed by atoms with Crippen LogP contribution >= 0.6 is 0 Å². The molecule has 1 aliphatic heterocycles. The van der Waals surface area contributed by atoms with Crippen molar-refractivity contribution in [2.45, 2.75) is 26.1 Å². The molecule has 1 aromatic carbocycles. The molecular weight excluding hydrogens is 244 g/mol. The van der Waals surface area contributed by atoms with Crippen molar-refractivity contribution in [3.05, 3.63) is 29.3 Å². The Hall–Kier alpha value is -1.59. The largest absolute Gasteiger partial charge is 0.388 e. The van der Waals surface area contributed by atoms with Crippen LogP contribution in [0.15, 0.2) is 18.2 Å².